The molecular formula is C25H23N3O5S. The smallest absolute Gasteiger partial charge is 0.413 e. The molecule has 9 heteroatoms. The molecule has 8 nitrogen and oxygen atoms in total. The fraction of sp³-hybridized carbons (Fsp3) is 0.280. The summed E-state index contributed by atoms with van der Waals surface area (Å²) in [7, 11) is 0. The van der Waals surface area contributed by atoms with Crippen LogP contribution in [-0.2, 0) is 9.53 Å². The topological polar surface area (TPSA) is 118 Å². The van der Waals surface area contributed by atoms with Crippen LogP contribution < -0.4 is 10.6 Å². The summed E-state index contributed by atoms with van der Waals surface area (Å²) < 4.78 is 5.52. The molecule has 174 valence electrons. The predicted molar refractivity (Wildman–Crippen MR) is 127 cm³/mol. The van der Waals surface area contributed by atoms with E-state index < -0.39 is 18.0 Å². The van der Waals surface area contributed by atoms with Gasteiger partial charge in [0.2, 0.25) is 0 Å². The number of hydrogen-bond donors (Lipinski definition) is 3. The Kier molecular flexibility index (Phi) is 6.02. The van der Waals surface area contributed by atoms with Crippen molar-refractivity contribution in [2.24, 2.45) is 5.92 Å². The molecule has 0 radical (unpaired) electrons. The number of carbonyl (C=O) groups excluding carboxylic acids is 2. The molecule has 2 atom stereocenters. The van der Waals surface area contributed by atoms with Gasteiger partial charge < -0.3 is 15.2 Å². The number of carbonyl (C=O) groups is 3. The Morgan fingerprint density at radius 3 is 2.35 bits per heavy atom. The summed E-state index contributed by atoms with van der Waals surface area (Å²) >= 11 is 1.04. The van der Waals surface area contributed by atoms with Crippen LogP contribution in [0.1, 0.15) is 46.0 Å². The molecule has 1 saturated carbocycles. The first-order chi connectivity index (χ1) is 16.5. The van der Waals surface area contributed by atoms with Crippen LogP contribution in [0.25, 0.3) is 11.1 Å². The van der Waals surface area contributed by atoms with E-state index in [1.165, 1.54) is 6.20 Å². The minimum Gasteiger partial charge on any atom is -0.481 e. The second-order valence-corrected chi connectivity index (χ2v) is 9.53. The molecule has 0 aliphatic heterocycles. The van der Waals surface area contributed by atoms with Gasteiger partial charge in [0.25, 0.3) is 5.91 Å². The summed E-state index contributed by atoms with van der Waals surface area (Å²) in [5, 5.41) is 14.8. The van der Waals surface area contributed by atoms with Gasteiger partial charge in [-0.2, -0.15) is 0 Å². The molecule has 2 aromatic carbocycles. The highest BCUT2D eigenvalue weighted by Gasteiger charge is 2.31. The maximum atomic E-state index is 12.5. The third-order valence-electron chi connectivity index (χ3n) is 6.40. The van der Waals surface area contributed by atoms with Gasteiger partial charge in [0.1, 0.15) is 11.5 Å². The Bertz CT molecular complexity index is 1210. The molecule has 0 saturated heterocycles. The van der Waals surface area contributed by atoms with Crippen molar-refractivity contribution in [1.29, 1.82) is 0 Å². The van der Waals surface area contributed by atoms with E-state index in [1.807, 2.05) is 24.3 Å². The van der Waals surface area contributed by atoms with Crippen molar-refractivity contribution in [2.45, 2.75) is 31.2 Å². The third-order valence-corrected chi connectivity index (χ3v) is 7.31. The largest absolute Gasteiger partial charge is 0.481 e. The van der Waals surface area contributed by atoms with Crippen LogP contribution in [0, 0.1) is 5.92 Å². The summed E-state index contributed by atoms with van der Waals surface area (Å²) in [5.74, 6) is -1.62. The number of carboxylic acid groups (broad SMARTS) is 1. The minimum absolute atomic E-state index is 0.0446. The maximum Gasteiger partial charge on any atom is 0.413 e. The summed E-state index contributed by atoms with van der Waals surface area (Å²) in [6.45, 7) is 0.186. The zero-order valence-electron chi connectivity index (χ0n) is 18.2. The Hall–Kier alpha value is -3.72. The van der Waals surface area contributed by atoms with Gasteiger partial charge in [-0.15, -0.1) is 0 Å². The van der Waals surface area contributed by atoms with E-state index in [4.69, 9.17) is 9.84 Å². The minimum atomic E-state index is -0.830. The quantitative estimate of drug-likeness (QED) is 0.482. The van der Waals surface area contributed by atoms with Gasteiger partial charge in [0, 0.05) is 12.0 Å². The molecule has 1 fully saturated rings. The molecule has 0 unspecified atom stereocenters. The van der Waals surface area contributed by atoms with E-state index in [-0.39, 0.29) is 29.6 Å². The predicted octanol–water partition coefficient (Wildman–Crippen LogP) is 4.49. The molecule has 3 aromatic rings. The van der Waals surface area contributed by atoms with Gasteiger partial charge >= 0.3 is 12.1 Å². The first-order valence-corrected chi connectivity index (χ1v) is 11.9. The van der Waals surface area contributed by atoms with Gasteiger partial charge in [-0.25, -0.2) is 9.78 Å². The van der Waals surface area contributed by atoms with E-state index in [1.54, 1.807) is 0 Å². The van der Waals surface area contributed by atoms with E-state index in [2.05, 4.69) is 39.9 Å². The normalized spacial score (nSPS) is 18.7. The number of anilines is 1. The van der Waals surface area contributed by atoms with Crippen LogP contribution in [0.15, 0.2) is 54.7 Å². The number of ether oxygens (including phenoxy) is 1. The first-order valence-electron chi connectivity index (χ1n) is 11.1. The zero-order valence-corrected chi connectivity index (χ0v) is 19.0. The van der Waals surface area contributed by atoms with Crippen LogP contribution in [0.3, 0.4) is 0 Å². The highest BCUT2D eigenvalue weighted by Crippen LogP contribution is 2.44. The number of amides is 2. The number of nitrogens with zero attached hydrogens (tertiary/aromatic N) is 1. The van der Waals surface area contributed by atoms with Gasteiger partial charge in [-0.1, -0.05) is 59.9 Å². The maximum absolute atomic E-state index is 12.5. The lowest BCUT2D eigenvalue weighted by molar-refractivity contribution is -0.141. The van der Waals surface area contributed by atoms with E-state index >= 15 is 0 Å². The summed E-state index contributed by atoms with van der Waals surface area (Å²) in [4.78, 5) is 40.4. The number of fused-ring (bicyclic) bond motifs is 3. The lowest BCUT2D eigenvalue weighted by Gasteiger charge is -2.14. The Labute approximate surface area is 200 Å². The molecule has 1 heterocycles. The van der Waals surface area contributed by atoms with Gasteiger partial charge in [-0.3, -0.25) is 14.9 Å². The van der Waals surface area contributed by atoms with Crippen LogP contribution in [-0.4, -0.2) is 40.7 Å². The molecule has 2 aliphatic rings. The standard InChI is InChI=1S/C25H23N3O5S/c29-22(27-15-10-9-14(11-15)23(30)31)21-12-26-24(34-21)28-25(32)33-13-20-18-7-3-1-5-16(18)17-6-2-4-8-19(17)20/h1-8,12,14-15,20H,9-11,13H2,(H,27,29)(H,30,31)(H,26,28,32)/t14-,15+/m0/s1. The summed E-state index contributed by atoms with van der Waals surface area (Å²) in [5.41, 5.74) is 4.56. The number of thiazole rings is 1. The van der Waals surface area contributed by atoms with Crippen molar-refractivity contribution in [3.05, 3.63) is 70.7 Å². The molecule has 1 aromatic heterocycles. The third kappa shape index (κ3) is 4.38. The number of benzene rings is 2. The second-order valence-electron chi connectivity index (χ2n) is 8.50. The molecule has 2 amide bonds. The van der Waals surface area contributed by atoms with Crippen molar-refractivity contribution < 1.29 is 24.2 Å². The molecule has 0 bridgehead atoms. The van der Waals surface area contributed by atoms with Gasteiger partial charge in [0.05, 0.1) is 12.1 Å². The van der Waals surface area contributed by atoms with Crippen LogP contribution >= 0.6 is 11.3 Å². The second kappa shape index (κ2) is 9.26. The van der Waals surface area contributed by atoms with Crippen molar-refractivity contribution in [3.8, 4) is 11.1 Å². The highest BCUT2D eigenvalue weighted by molar-refractivity contribution is 7.17. The molecule has 34 heavy (non-hydrogen) atoms. The number of aromatic nitrogens is 1. The fourth-order valence-electron chi connectivity index (χ4n) is 4.75. The lowest BCUT2D eigenvalue weighted by Crippen LogP contribution is -2.32. The van der Waals surface area contributed by atoms with Crippen LogP contribution in [0.5, 0.6) is 0 Å². The van der Waals surface area contributed by atoms with Crippen molar-refractivity contribution >= 4 is 34.4 Å². The fourth-order valence-corrected chi connectivity index (χ4v) is 5.46. The molecule has 5 rings (SSSR count). The average molecular weight is 478 g/mol. The van der Waals surface area contributed by atoms with Gasteiger partial charge in [0.15, 0.2) is 5.13 Å². The number of aliphatic carboxylic acids is 1. The summed E-state index contributed by atoms with van der Waals surface area (Å²) in [6, 6.07) is 16.0. The Morgan fingerprint density at radius 1 is 1.03 bits per heavy atom. The molecule has 2 aliphatic carbocycles. The number of rotatable bonds is 6. The van der Waals surface area contributed by atoms with Crippen molar-refractivity contribution in [1.82, 2.24) is 10.3 Å². The summed E-state index contributed by atoms with van der Waals surface area (Å²) in [6.07, 6.45) is 2.36. The van der Waals surface area contributed by atoms with Gasteiger partial charge in [-0.05, 0) is 41.5 Å². The van der Waals surface area contributed by atoms with Crippen molar-refractivity contribution in [3.63, 3.8) is 0 Å². The van der Waals surface area contributed by atoms with E-state index in [9.17, 15) is 14.4 Å². The molecule has 3 N–H and O–H groups in total. The molecular weight excluding hydrogens is 454 g/mol. The average Bonchev–Trinajstić information content (AvgIpc) is 3.56. The van der Waals surface area contributed by atoms with E-state index in [0.29, 0.717) is 24.1 Å². The lowest BCUT2D eigenvalue weighted by atomic mass is 9.98. The molecule has 0 spiro atoms. The monoisotopic (exact) mass is 477 g/mol. The SMILES string of the molecule is O=C(Nc1ncc(C(=O)N[C@@H]2CC[C@H](C(=O)O)C2)s1)OCC1c2ccccc2-c2ccccc21. The van der Waals surface area contributed by atoms with Crippen LogP contribution in [0.4, 0.5) is 9.93 Å². The Morgan fingerprint density at radius 2 is 1.71 bits per heavy atom. The van der Waals surface area contributed by atoms with Crippen LogP contribution in [0.2, 0.25) is 0 Å². The zero-order chi connectivity index (χ0) is 23.7. The van der Waals surface area contributed by atoms with E-state index in [0.717, 1.165) is 33.6 Å². The number of carboxylic acids is 1. The highest BCUT2D eigenvalue weighted by atomic mass is 32.1. The van der Waals surface area contributed by atoms with Crippen molar-refractivity contribution in [2.75, 3.05) is 11.9 Å². The number of hydrogen-bond acceptors (Lipinski definition) is 6. The first kappa shape index (κ1) is 22.1. The Balaban J connectivity index is 1.17. The number of nitrogens with one attached hydrogen (secondary N) is 2.